The van der Waals surface area contributed by atoms with Crippen molar-refractivity contribution in [2.45, 2.75) is 50.2 Å². The van der Waals surface area contributed by atoms with Gasteiger partial charge in [-0.05, 0) is 86.5 Å². The fourth-order valence-corrected chi connectivity index (χ4v) is 6.60. The number of nitrogens with zero attached hydrogens (tertiary/aromatic N) is 2. The van der Waals surface area contributed by atoms with Gasteiger partial charge < -0.3 is 19.7 Å². The number of ether oxygens (including phenoxy) is 2. The van der Waals surface area contributed by atoms with E-state index in [1.807, 2.05) is 57.2 Å². The highest BCUT2D eigenvalue weighted by Crippen LogP contribution is 2.28. The van der Waals surface area contributed by atoms with E-state index in [0.29, 0.717) is 22.1 Å². The summed E-state index contributed by atoms with van der Waals surface area (Å²) in [5.74, 6) is 0.100. The molecule has 4 aromatic carbocycles. The monoisotopic (exact) mass is 677 g/mol. The summed E-state index contributed by atoms with van der Waals surface area (Å²) in [6, 6.07) is 27.8. The molecule has 4 rings (SSSR count). The van der Waals surface area contributed by atoms with Gasteiger partial charge in [-0.15, -0.1) is 0 Å². The Kier molecular flexibility index (Phi) is 11.5. The maximum absolute atomic E-state index is 14.6. The van der Waals surface area contributed by atoms with E-state index in [-0.39, 0.29) is 29.5 Å². The van der Waals surface area contributed by atoms with Crippen LogP contribution in [0.4, 0.5) is 5.69 Å². The summed E-state index contributed by atoms with van der Waals surface area (Å²) in [5, 5.41) is 3.32. The first-order valence-electron chi connectivity index (χ1n) is 15.0. The molecule has 0 radical (unpaired) electrons. The van der Waals surface area contributed by atoms with Gasteiger partial charge in [-0.2, -0.15) is 0 Å². The molecule has 0 bridgehead atoms. The summed E-state index contributed by atoms with van der Waals surface area (Å²) in [4.78, 5) is 30.0. The van der Waals surface area contributed by atoms with Crippen molar-refractivity contribution in [1.29, 1.82) is 0 Å². The lowest BCUT2D eigenvalue weighted by Crippen LogP contribution is -2.56. The minimum absolute atomic E-state index is 0.0110. The first kappa shape index (κ1) is 35.3. The van der Waals surface area contributed by atoms with E-state index in [9.17, 15) is 18.0 Å². The Hall–Kier alpha value is -4.54. The van der Waals surface area contributed by atoms with E-state index in [1.54, 1.807) is 43.5 Å². The van der Waals surface area contributed by atoms with Gasteiger partial charge in [0.1, 0.15) is 24.1 Å². The third kappa shape index (κ3) is 9.49. The van der Waals surface area contributed by atoms with Crippen LogP contribution in [-0.2, 0) is 32.6 Å². The molecule has 11 heteroatoms. The largest absolute Gasteiger partial charge is 0.497 e. The number of methoxy groups -OCH3 is 2. The van der Waals surface area contributed by atoms with Crippen LogP contribution in [-0.4, -0.2) is 57.5 Å². The molecule has 0 aliphatic heterocycles. The second-order valence-electron chi connectivity index (χ2n) is 12.0. The highest BCUT2D eigenvalue weighted by Gasteiger charge is 2.35. The molecular weight excluding hydrogens is 638 g/mol. The number of anilines is 1. The Morgan fingerprint density at radius 3 is 2.06 bits per heavy atom. The van der Waals surface area contributed by atoms with Gasteiger partial charge in [0.15, 0.2) is 0 Å². The molecule has 4 aromatic rings. The summed E-state index contributed by atoms with van der Waals surface area (Å²) in [7, 11) is -1.26. The van der Waals surface area contributed by atoms with Gasteiger partial charge in [-0.25, -0.2) is 8.42 Å². The van der Waals surface area contributed by atoms with E-state index in [0.717, 1.165) is 9.87 Å². The van der Waals surface area contributed by atoms with Crippen LogP contribution in [0, 0.1) is 0 Å². The van der Waals surface area contributed by atoms with Crippen LogP contribution in [0.5, 0.6) is 11.5 Å². The zero-order valence-corrected chi connectivity index (χ0v) is 28.7. The number of hydrogen-bond acceptors (Lipinski definition) is 6. The molecule has 0 heterocycles. The summed E-state index contributed by atoms with van der Waals surface area (Å²) in [5.41, 5.74) is 1.14. The predicted molar refractivity (Wildman–Crippen MR) is 184 cm³/mol. The van der Waals surface area contributed by atoms with Crippen LogP contribution in [0.2, 0.25) is 5.02 Å². The van der Waals surface area contributed by atoms with Crippen LogP contribution < -0.4 is 19.1 Å². The standard InChI is InChI=1S/C36H40ClN3O6S/c1-36(2,3)38-35(42)33(22-26-11-7-6-8-12-26)39(24-27-13-9-16-31(21-27)46-5)34(41)25-40(29-15-10-14-28(37)23-29)47(43,44)32-19-17-30(45-4)18-20-32/h6-21,23,33H,22,24-25H2,1-5H3,(H,38,42)/t33-/m1/s1. The highest BCUT2D eigenvalue weighted by atomic mass is 35.5. The Morgan fingerprint density at radius 2 is 1.45 bits per heavy atom. The van der Waals surface area contributed by atoms with Gasteiger partial charge in [0.05, 0.1) is 24.8 Å². The number of benzene rings is 4. The van der Waals surface area contributed by atoms with E-state index < -0.39 is 34.1 Å². The fourth-order valence-electron chi connectivity index (χ4n) is 5.01. The van der Waals surface area contributed by atoms with Crippen molar-refractivity contribution in [3.8, 4) is 11.5 Å². The Bertz CT molecular complexity index is 1780. The zero-order valence-electron chi connectivity index (χ0n) is 27.1. The van der Waals surface area contributed by atoms with Crippen LogP contribution in [0.25, 0.3) is 0 Å². The summed E-state index contributed by atoms with van der Waals surface area (Å²) in [6.07, 6.45) is 0.195. The van der Waals surface area contributed by atoms with Gasteiger partial charge in [0.25, 0.3) is 10.0 Å². The molecule has 47 heavy (non-hydrogen) atoms. The molecule has 1 N–H and O–H groups in total. The molecule has 0 spiro atoms. The molecule has 0 saturated heterocycles. The molecule has 248 valence electrons. The Morgan fingerprint density at radius 1 is 0.809 bits per heavy atom. The van der Waals surface area contributed by atoms with E-state index in [2.05, 4.69) is 5.32 Å². The molecule has 0 saturated carbocycles. The maximum atomic E-state index is 14.6. The third-order valence-corrected chi connectivity index (χ3v) is 9.30. The molecule has 9 nitrogen and oxygen atoms in total. The van der Waals surface area contributed by atoms with Crippen LogP contribution in [0.3, 0.4) is 0 Å². The minimum Gasteiger partial charge on any atom is -0.497 e. The lowest BCUT2D eigenvalue weighted by Gasteiger charge is -2.35. The minimum atomic E-state index is -4.29. The highest BCUT2D eigenvalue weighted by molar-refractivity contribution is 7.92. The lowest BCUT2D eigenvalue weighted by atomic mass is 10.0. The van der Waals surface area contributed by atoms with Gasteiger partial charge in [0.2, 0.25) is 11.8 Å². The second-order valence-corrected chi connectivity index (χ2v) is 14.3. The third-order valence-electron chi connectivity index (χ3n) is 7.28. The average Bonchev–Trinajstić information content (AvgIpc) is 3.04. The maximum Gasteiger partial charge on any atom is 0.264 e. The Balaban J connectivity index is 1.83. The predicted octanol–water partition coefficient (Wildman–Crippen LogP) is 6.11. The van der Waals surface area contributed by atoms with Gasteiger partial charge in [0, 0.05) is 23.5 Å². The normalized spacial score (nSPS) is 12.1. The van der Waals surface area contributed by atoms with Crippen molar-refractivity contribution >= 4 is 39.1 Å². The van der Waals surface area contributed by atoms with Crippen molar-refractivity contribution < 1.29 is 27.5 Å². The van der Waals surface area contributed by atoms with Crippen molar-refractivity contribution in [1.82, 2.24) is 10.2 Å². The number of hydrogen-bond donors (Lipinski definition) is 1. The number of carbonyl (C=O) groups is 2. The second kappa shape index (κ2) is 15.4. The van der Waals surface area contributed by atoms with E-state index in [4.69, 9.17) is 21.1 Å². The van der Waals surface area contributed by atoms with Crippen LogP contribution in [0.15, 0.2) is 108 Å². The molecule has 0 aliphatic carbocycles. The zero-order chi connectivity index (χ0) is 34.2. The van der Waals surface area contributed by atoms with E-state index >= 15 is 0 Å². The van der Waals surface area contributed by atoms with Crippen LogP contribution in [0.1, 0.15) is 31.9 Å². The van der Waals surface area contributed by atoms with Crippen molar-refractivity contribution in [3.63, 3.8) is 0 Å². The number of rotatable bonds is 13. The summed E-state index contributed by atoms with van der Waals surface area (Å²) in [6.45, 7) is 4.99. The molecule has 0 unspecified atom stereocenters. The van der Waals surface area contributed by atoms with Crippen molar-refractivity contribution in [2.24, 2.45) is 0 Å². The number of carbonyl (C=O) groups excluding carboxylic acids is 2. The topological polar surface area (TPSA) is 105 Å². The molecule has 0 aromatic heterocycles. The number of nitrogens with one attached hydrogen (secondary N) is 1. The first-order valence-corrected chi connectivity index (χ1v) is 16.8. The molecule has 0 fully saturated rings. The van der Waals surface area contributed by atoms with Gasteiger partial charge in [-0.3, -0.25) is 13.9 Å². The van der Waals surface area contributed by atoms with Crippen molar-refractivity contribution in [3.05, 3.63) is 119 Å². The average molecular weight is 678 g/mol. The summed E-state index contributed by atoms with van der Waals surface area (Å²) >= 11 is 6.31. The molecular formula is C36H40ClN3O6S. The molecule has 0 aliphatic rings. The first-order chi connectivity index (χ1) is 22.3. The number of amides is 2. The smallest absolute Gasteiger partial charge is 0.264 e. The quantitative estimate of drug-likeness (QED) is 0.183. The Labute approximate surface area is 282 Å². The fraction of sp³-hybridized carbons (Fsp3) is 0.278. The summed E-state index contributed by atoms with van der Waals surface area (Å²) < 4.78 is 40.0. The van der Waals surface area contributed by atoms with E-state index in [1.165, 1.54) is 42.3 Å². The number of halogens is 1. The number of sulfonamides is 1. The lowest BCUT2D eigenvalue weighted by molar-refractivity contribution is -0.140. The SMILES string of the molecule is COc1ccc(S(=O)(=O)N(CC(=O)N(Cc2cccc(OC)c2)[C@H](Cc2ccccc2)C(=O)NC(C)(C)C)c2cccc(Cl)c2)cc1. The van der Waals surface area contributed by atoms with Crippen molar-refractivity contribution in [2.75, 3.05) is 25.1 Å². The van der Waals surface area contributed by atoms with Gasteiger partial charge >= 0.3 is 0 Å². The molecule has 2 amide bonds. The van der Waals surface area contributed by atoms with Gasteiger partial charge in [-0.1, -0.05) is 60.1 Å². The van der Waals surface area contributed by atoms with Crippen LogP contribution >= 0.6 is 11.6 Å². The molecule has 1 atom stereocenters.